The monoisotopic (exact) mass is 472 g/mol. The highest BCUT2D eigenvalue weighted by Crippen LogP contribution is 2.19. The van der Waals surface area contributed by atoms with Crippen LogP contribution in [0.5, 0.6) is 5.75 Å². The van der Waals surface area contributed by atoms with Crippen LogP contribution in [0.25, 0.3) is 22.5 Å². The van der Waals surface area contributed by atoms with E-state index in [0.29, 0.717) is 11.4 Å². The molecule has 0 bridgehead atoms. The van der Waals surface area contributed by atoms with Gasteiger partial charge in [-0.15, -0.1) is 0 Å². The van der Waals surface area contributed by atoms with E-state index in [4.69, 9.17) is 4.74 Å². The van der Waals surface area contributed by atoms with Crippen LogP contribution in [-0.2, 0) is 11.3 Å². The summed E-state index contributed by atoms with van der Waals surface area (Å²) in [6, 6.07) is 16.1. The minimum absolute atomic E-state index is 0.152. The Balaban J connectivity index is 1.43. The van der Waals surface area contributed by atoms with Gasteiger partial charge in [0.2, 0.25) is 5.91 Å². The minimum Gasteiger partial charge on any atom is -0.497 e. The van der Waals surface area contributed by atoms with Crippen LogP contribution in [0.2, 0.25) is 0 Å². The molecule has 1 aromatic carbocycles. The fraction of sp³-hybridized carbons (Fsp3) is 0.200. The Labute approximate surface area is 200 Å². The Kier molecular flexibility index (Phi) is 7.10. The quantitative estimate of drug-likeness (QED) is 0.416. The number of carbonyl (C=O) groups excluding carboxylic acids is 1. The first-order valence-electron chi connectivity index (χ1n) is 11.0. The van der Waals surface area contributed by atoms with Gasteiger partial charge in [-0.2, -0.15) is 10.2 Å². The lowest BCUT2D eigenvalue weighted by Crippen LogP contribution is -2.39. The van der Waals surface area contributed by atoms with E-state index >= 15 is 0 Å². The third-order valence-corrected chi connectivity index (χ3v) is 5.40. The normalized spacial score (nSPS) is 11.6. The number of rotatable bonds is 8. The third kappa shape index (κ3) is 5.49. The summed E-state index contributed by atoms with van der Waals surface area (Å²) < 4.78 is 7.59. The summed E-state index contributed by atoms with van der Waals surface area (Å²) in [6.07, 6.45) is 3.27. The SMILES string of the molecule is COc1ccc(-c2ccc(=O)n(CCNC(=O)C(C)n3nc(-c4cccnc4)ccc3=O)n2)cc1. The number of methoxy groups -OCH3 is 1. The van der Waals surface area contributed by atoms with Gasteiger partial charge >= 0.3 is 0 Å². The Morgan fingerprint density at radius 2 is 1.66 bits per heavy atom. The van der Waals surface area contributed by atoms with Crippen LogP contribution >= 0.6 is 0 Å². The summed E-state index contributed by atoms with van der Waals surface area (Å²) in [6.45, 7) is 1.91. The highest BCUT2D eigenvalue weighted by molar-refractivity contribution is 5.79. The van der Waals surface area contributed by atoms with E-state index in [2.05, 4.69) is 20.5 Å². The fourth-order valence-corrected chi connectivity index (χ4v) is 3.44. The topological polar surface area (TPSA) is 121 Å². The van der Waals surface area contributed by atoms with Crippen molar-refractivity contribution in [1.29, 1.82) is 0 Å². The van der Waals surface area contributed by atoms with E-state index in [0.717, 1.165) is 21.6 Å². The van der Waals surface area contributed by atoms with Crippen molar-refractivity contribution in [3.05, 3.63) is 93.8 Å². The highest BCUT2D eigenvalue weighted by atomic mass is 16.5. The molecule has 0 aliphatic heterocycles. The van der Waals surface area contributed by atoms with Gasteiger partial charge in [0.1, 0.15) is 11.8 Å². The van der Waals surface area contributed by atoms with E-state index in [1.54, 1.807) is 44.6 Å². The largest absolute Gasteiger partial charge is 0.497 e. The smallest absolute Gasteiger partial charge is 0.267 e. The minimum atomic E-state index is -0.852. The maximum Gasteiger partial charge on any atom is 0.267 e. The van der Waals surface area contributed by atoms with Crippen molar-refractivity contribution in [2.75, 3.05) is 13.7 Å². The first-order chi connectivity index (χ1) is 17.0. The Bertz CT molecular complexity index is 1430. The molecule has 1 amide bonds. The van der Waals surface area contributed by atoms with Gasteiger partial charge in [0.15, 0.2) is 0 Å². The standard InChI is InChI=1S/C25H24N6O4/c1-17(31-24(33)12-10-22(29-31)19-4-3-13-26-16-19)25(34)27-14-15-30-23(32)11-9-21(28-30)18-5-7-20(35-2)8-6-18/h3-13,16-17H,14-15H2,1-2H3,(H,27,34). The van der Waals surface area contributed by atoms with Crippen LogP contribution in [0, 0.1) is 0 Å². The molecular formula is C25H24N6O4. The Morgan fingerprint density at radius 3 is 2.34 bits per heavy atom. The summed E-state index contributed by atoms with van der Waals surface area (Å²) in [7, 11) is 1.59. The average molecular weight is 473 g/mol. The Hall–Kier alpha value is -4.60. The van der Waals surface area contributed by atoms with Crippen LogP contribution in [-0.4, -0.2) is 44.1 Å². The van der Waals surface area contributed by atoms with Crippen molar-refractivity contribution >= 4 is 5.91 Å². The molecule has 1 atom stereocenters. The molecule has 0 saturated heterocycles. The molecule has 0 radical (unpaired) electrons. The first-order valence-corrected chi connectivity index (χ1v) is 11.0. The number of nitrogens with one attached hydrogen (secondary N) is 1. The summed E-state index contributed by atoms with van der Waals surface area (Å²) in [5.41, 5.74) is 2.03. The van der Waals surface area contributed by atoms with Crippen molar-refractivity contribution < 1.29 is 9.53 Å². The van der Waals surface area contributed by atoms with E-state index in [1.165, 1.54) is 16.8 Å². The van der Waals surface area contributed by atoms with Crippen molar-refractivity contribution in [2.45, 2.75) is 19.5 Å². The van der Waals surface area contributed by atoms with Crippen LogP contribution in [0.15, 0.2) is 82.6 Å². The summed E-state index contributed by atoms with van der Waals surface area (Å²) in [5, 5.41) is 11.5. The Morgan fingerprint density at radius 1 is 0.943 bits per heavy atom. The zero-order valence-electron chi connectivity index (χ0n) is 19.3. The fourth-order valence-electron chi connectivity index (χ4n) is 3.44. The third-order valence-electron chi connectivity index (χ3n) is 5.40. The van der Waals surface area contributed by atoms with E-state index < -0.39 is 17.5 Å². The molecule has 10 heteroatoms. The number of aromatic nitrogens is 5. The molecule has 178 valence electrons. The van der Waals surface area contributed by atoms with Crippen LogP contribution < -0.4 is 21.2 Å². The maximum atomic E-state index is 12.7. The number of amides is 1. The number of ether oxygens (including phenoxy) is 1. The van der Waals surface area contributed by atoms with E-state index in [9.17, 15) is 14.4 Å². The van der Waals surface area contributed by atoms with E-state index in [-0.39, 0.29) is 18.6 Å². The van der Waals surface area contributed by atoms with Gasteiger partial charge in [-0.05, 0) is 55.5 Å². The molecule has 0 spiro atoms. The lowest BCUT2D eigenvalue weighted by atomic mass is 10.1. The molecule has 0 aliphatic rings. The number of benzene rings is 1. The summed E-state index contributed by atoms with van der Waals surface area (Å²) >= 11 is 0. The molecular weight excluding hydrogens is 448 g/mol. The van der Waals surface area contributed by atoms with Crippen LogP contribution in [0.4, 0.5) is 0 Å². The molecule has 0 aliphatic carbocycles. The number of hydrogen-bond donors (Lipinski definition) is 1. The molecule has 3 heterocycles. The molecule has 10 nitrogen and oxygen atoms in total. The maximum absolute atomic E-state index is 12.7. The van der Waals surface area contributed by atoms with Crippen molar-refractivity contribution in [3.63, 3.8) is 0 Å². The first kappa shape index (κ1) is 23.6. The zero-order chi connectivity index (χ0) is 24.8. The summed E-state index contributed by atoms with van der Waals surface area (Å²) in [4.78, 5) is 41.4. The molecule has 35 heavy (non-hydrogen) atoms. The number of pyridine rings is 1. The number of nitrogens with zero attached hydrogens (tertiary/aromatic N) is 5. The van der Waals surface area contributed by atoms with Crippen molar-refractivity contribution in [1.82, 2.24) is 29.9 Å². The molecule has 1 unspecified atom stereocenters. The van der Waals surface area contributed by atoms with Crippen molar-refractivity contribution in [2.24, 2.45) is 0 Å². The van der Waals surface area contributed by atoms with Crippen LogP contribution in [0.3, 0.4) is 0 Å². The van der Waals surface area contributed by atoms with E-state index in [1.807, 2.05) is 30.3 Å². The molecule has 4 rings (SSSR count). The molecule has 4 aromatic rings. The highest BCUT2D eigenvalue weighted by Gasteiger charge is 2.18. The van der Waals surface area contributed by atoms with Gasteiger partial charge in [0.25, 0.3) is 11.1 Å². The lowest BCUT2D eigenvalue weighted by Gasteiger charge is -2.15. The lowest BCUT2D eigenvalue weighted by molar-refractivity contribution is -0.124. The van der Waals surface area contributed by atoms with Gasteiger partial charge in [-0.1, -0.05) is 0 Å². The number of hydrogen-bond acceptors (Lipinski definition) is 7. The van der Waals surface area contributed by atoms with Gasteiger partial charge < -0.3 is 10.1 Å². The number of carbonyl (C=O) groups is 1. The average Bonchev–Trinajstić information content (AvgIpc) is 2.90. The van der Waals surface area contributed by atoms with Crippen molar-refractivity contribution in [3.8, 4) is 28.3 Å². The second-order valence-electron chi connectivity index (χ2n) is 7.72. The van der Waals surface area contributed by atoms with Gasteiger partial charge in [-0.3, -0.25) is 19.4 Å². The van der Waals surface area contributed by atoms with Gasteiger partial charge in [0.05, 0.1) is 25.0 Å². The molecule has 3 aromatic heterocycles. The predicted molar refractivity (Wildman–Crippen MR) is 130 cm³/mol. The summed E-state index contributed by atoms with van der Waals surface area (Å²) in [5.74, 6) is 0.320. The second kappa shape index (κ2) is 10.6. The molecule has 1 N–H and O–H groups in total. The second-order valence-corrected chi connectivity index (χ2v) is 7.72. The predicted octanol–water partition coefficient (Wildman–Crippen LogP) is 1.91. The van der Waals surface area contributed by atoms with Gasteiger partial charge in [-0.25, -0.2) is 9.36 Å². The van der Waals surface area contributed by atoms with Gasteiger partial charge in [0, 0.05) is 42.2 Å². The zero-order valence-corrected chi connectivity index (χ0v) is 19.3. The molecule has 0 saturated carbocycles. The molecule has 0 fully saturated rings. The van der Waals surface area contributed by atoms with Crippen LogP contribution in [0.1, 0.15) is 13.0 Å².